The van der Waals surface area contributed by atoms with Crippen LogP contribution in [-0.4, -0.2) is 17.0 Å². The topological polar surface area (TPSA) is 49.8 Å². The molecule has 4 nitrogen and oxygen atoms in total. The second-order valence-electron chi connectivity index (χ2n) is 3.39. The predicted molar refractivity (Wildman–Crippen MR) is 76.7 cm³/mol. The second kappa shape index (κ2) is 5.62. The summed E-state index contributed by atoms with van der Waals surface area (Å²) in [6, 6.07) is 4.65. The number of anilines is 3. The molecule has 0 aliphatic carbocycles. The average Bonchev–Trinajstić information content (AvgIpc) is 2.36. The SMILES string of the molecule is CNc1ncnc(Nc2ccc(F)c(Br)c2)c1Br. The van der Waals surface area contributed by atoms with Gasteiger partial charge in [0.15, 0.2) is 0 Å². The summed E-state index contributed by atoms with van der Waals surface area (Å²) in [5.41, 5.74) is 0.727. The van der Waals surface area contributed by atoms with Gasteiger partial charge in [-0.1, -0.05) is 0 Å². The molecule has 0 fully saturated rings. The van der Waals surface area contributed by atoms with Crippen LogP contribution >= 0.6 is 31.9 Å². The molecule has 2 rings (SSSR count). The zero-order chi connectivity index (χ0) is 13.1. The van der Waals surface area contributed by atoms with Crippen molar-refractivity contribution in [2.45, 2.75) is 0 Å². The van der Waals surface area contributed by atoms with E-state index in [1.165, 1.54) is 12.4 Å². The van der Waals surface area contributed by atoms with Crippen LogP contribution in [0.15, 0.2) is 33.5 Å². The number of aromatic nitrogens is 2. The molecule has 1 heterocycles. The zero-order valence-corrected chi connectivity index (χ0v) is 12.5. The summed E-state index contributed by atoms with van der Waals surface area (Å²) in [5, 5.41) is 6.01. The first-order valence-electron chi connectivity index (χ1n) is 5.02. The minimum absolute atomic E-state index is 0.307. The molecule has 0 amide bonds. The van der Waals surface area contributed by atoms with Gasteiger partial charge in [0, 0.05) is 12.7 Å². The van der Waals surface area contributed by atoms with Gasteiger partial charge in [0.25, 0.3) is 0 Å². The highest BCUT2D eigenvalue weighted by Gasteiger charge is 2.08. The second-order valence-corrected chi connectivity index (χ2v) is 5.04. The fourth-order valence-electron chi connectivity index (χ4n) is 1.34. The summed E-state index contributed by atoms with van der Waals surface area (Å²) in [5.74, 6) is 0.972. The lowest BCUT2D eigenvalue weighted by Gasteiger charge is -2.10. The number of hydrogen-bond donors (Lipinski definition) is 2. The Labute approximate surface area is 120 Å². The standard InChI is InChI=1S/C11H9Br2FN4/c1-15-10-9(13)11(17-5-16-10)18-6-2-3-8(14)7(12)4-6/h2-5H,1H3,(H2,15,16,17,18). The van der Waals surface area contributed by atoms with E-state index in [0.717, 1.165) is 5.69 Å². The summed E-state index contributed by atoms with van der Waals surface area (Å²) in [4.78, 5) is 8.17. The number of hydrogen-bond acceptors (Lipinski definition) is 4. The minimum Gasteiger partial charge on any atom is -0.372 e. The van der Waals surface area contributed by atoms with Crippen molar-refractivity contribution in [1.29, 1.82) is 0 Å². The summed E-state index contributed by atoms with van der Waals surface area (Å²) in [7, 11) is 1.77. The van der Waals surface area contributed by atoms with Crippen LogP contribution in [0.1, 0.15) is 0 Å². The molecule has 0 saturated heterocycles. The number of nitrogens with zero attached hydrogens (tertiary/aromatic N) is 2. The fourth-order valence-corrected chi connectivity index (χ4v) is 2.22. The van der Waals surface area contributed by atoms with Gasteiger partial charge < -0.3 is 10.6 Å². The third-order valence-electron chi connectivity index (χ3n) is 2.21. The molecule has 0 atom stereocenters. The van der Waals surface area contributed by atoms with Crippen LogP contribution in [0.4, 0.5) is 21.7 Å². The molecule has 2 N–H and O–H groups in total. The molecular weight excluding hydrogens is 367 g/mol. The molecule has 0 bridgehead atoms. The van der Waals surface area contributed by atoms with E-state index in [4.69, 9.17) is 0 Å². The van der Waals surface area contributed by atoms with Crippen LogP contribution < -0.4 is 10.6 Å². The van der Waals surface area contributed by atoms with Crippen LogP contribution in [0.5, 0.6) is 0 Å². The van der Waals surface area contributed by atoms with Crippen LogP contribution in [0.3, 0.4) is 0 Å². The van der Waals surface area contributed by atoms with E-state index in [1.54, 1.807) is 19.2 Å². The highest BCUT2D eigenvalue weighted by Crippen LogP contribution is 2.29. The smallest absolute Gasteiger partial charge is 0.150 e. The molecule has 2 aromatic rings. The molecular formula is C11H9Br2FN4. The Hall–Kier alpha value is -1.21. The van der Waals surface area contributed by atoms with E-state index in [1.807, 2.05) is 0 Å². The molecule has 0 spiro atoms. The summed E-state index contributed by atoms with van der Waals surface area (Å²) >= 11 is 6.53. The summed E-state index contributed by atoms with van der Waals surface area (Å²) in [6.45, 7) is 0. The van der Waals surface area contributed by atoms with Crippen molar-refractivity contribution in [1.82, 2.24) is 9.97 Å². The highest BCUT2D eigenvalue weighted by atomic mass is 79.9. The van der Waals surface area contributed by atoms with Gasteiger partial charge in [0.05, 0.1) is 4.47 Å². The minimum atomic E-state index is -0.307. The molecule has 18 heavy (non-hydrogen) atoms. The Balaban J connectivity index is 2.31. The van der Waals surface area contributed by atoms with Gasteiger partial charge in [-0.05, 0) is 50.1 Å². The number of rotatable bonds is 3. The van der Waals surface area contributed by atoms with Gasteiger partial charge in [-0.15, -0.1) is 0 Å². The van der Waals surface area contributed by atoms with Crippen molar-refractivity contribution in [2.24, 2.45) is 0 Å². The maximum Gasteiger partial charge on any atom is 0.150 e. The van der Waals surface area contributed by atoms with Crippen LogP contribution in [0.2, 0.25) is 0 Å². The van der Waals surface area contributed by atoms with Gasteiger partial charge in [-0.2, -0.15) is 0 Å². The number of nitrogens with one attached hydrogen (secondary N) is 2. The molecule has 0 aliphatic rings. The van der Waals surface area contributed by atoms with E-state index in [0.29, 0.717) is 20.6 Å². The Morgan fingerprint density at radius 2 is 1.89 bits per heavy atom. The van der Waals surface area contributed by atoms with Gasteiger partial charge >= 0.3 is 0 Å². The lowest BCUT2D eigenvalue weighted by Crippen LogP contribution is -2.00. The maximum absolute atomic E-state index is 13.1. The molecule has 94 valence electrons. The lowest BCUT2D eigenvalue weighted by atomic mass is 10.3. The lowest BCUT2D eigenvalue weighted by molar-refractivity contribution is 0.621. The molecule has 0 aliphatic heterocycles. The molecule has 0 saturated carbocycles. The Morgan fingerprint density at radius 3 is 2.56 bits per heavy atom. The molecule has 0 unspecified atom stereocenters. The fraction of sp³-hybridized carbons (Fsp3) is 0.0909. The van der Waals surface area contributed by atoms with Crippen molar-refractivity contribution >= 4 is 49.2 Å². The van der Waals surface area contributed by atoms with Crippen molar-refractivity contribution in [2.75, 3.05) is 17.7 Å². The highest BCUT2D eigenvalue weighted by molar-refractivity contribution is 9.11. The number of benzene rings is 1. The van der Waals surface area contributed by atoms with Crippen LogP contribution in [-0.2, 0) is 0 Å². The van der Waals surface area contributed by atoms with Gasteiger partial charge in [-0.3, -0.25) is 0 Å². The zero-order valence-electron chi connectivity index (χ0n) is 9.34. The summed E-state index contributed by atoms with van der Waals surface area (Å²) in [6.07, 6.45) is 1.44. The number of halogens is 3. The average molecular weight is 376 g/mol. The van der Waals surface area contributed by atoms with Crippen LogP contribution in [0.25, 0.3) is 0 Å². The quantitative estimate of drug-likeness (QED) is 0.853. The van der Waals surface area contributed by atoms with Gasteiger partial charge in [0.1, 0.15) is 28.3 Å². The third kappa shape index (κ3) is 2.78. The third-order valence-corrected chi connectivity index (χ3v) is 3.57. The van der Waals surface area contributed by atoms with Crippen molar-refractivity contribution < 1.29 is 4.39 Å². The largest absolute Gasteiger partial charge is 0.372 e. The first kappa shape index (κ1) is 13.2. The Bertz CT molecular complexity index is 577. The predicted octanol–water partition coefficient (Wildman–Crippen LogP) is 3.93. The van der Waals surface area contributed by atoms with Crippen molar-refractivity contribution in [3.63, 3.8) is 0 Å². The molecule has 1 aromatic carbocycles. The van der Waals surface area contributed by atoms with E-state index in [2.05, 4.69) is 52.5 Å². The van der Waals surface area contributed by atoms with Gasteiger partial charge in [-0.25, -0.2) is 14.4 Å². The van der Waals surface area contributed by atoms with Crippen LogP contribution in [0, 0.1) is 5.82 Å². The Kier molecular flexibility index (Phi) is 4.13. The molecule has 7 heteroatoms. The summed E-state index contributed by atoms with van der Waals surface area (Å²) < 4.78 is 14.2. The Morgan fingerprint density at radius 1 is 1.17 bits per heavy atom. The molecule has 1 aromatic heterocycles. The van der Waals surface area contributed by atoms with Crippen molar-refractivity contribution in [3.05, 3.63) is 39.3 Å². The maximum atomic E-state index is 13.1. The molecule has 0 radical (unpaired) electrons. The van der Waals surface area contributed by atoms with E-state index in [9.17, 15) is 4.39 Å². The first-order chi connectivity index (χ1) is 8.61. The normalized spacial score (nSPS) is 10.2. The van der Waals surface area contributed by atoms with E-state index < -0.39 is 0 Å². The van der Waals surface area contributed by atoms with Gasteiger partial charge in [0.2, 0.25) is 0 Å². The van der Waals surface area contributed by atoms with Crippen molar-refractivity contribution in [3.8, 4) is 0 Å². The van der Waals surface area contributed by atoms with E-state index in [-0.39, 0.29) is 5.82 Å². The van der Waals surface area contributed by atoms with E-state index >= 15 is 0 Å². The monoisotopic (exact) mass is 374 g/mol. The first-order valence-corrected chi connectivity index (χ1v) is 6.60.